The summed E-state index contributed by atoms with van der Waals surface area (Å²) in [6, 6.07) is 10.7. The first kappa shape index (κ1) is 14.7. The highest BCUT2D eigenvalue weighted by Crippen LogP contribution is 2.27. The molecule has 0 aliphatic carbocycles. The third kappa shape index (κ3) is 3.05. The van der Waals surface area contributed by atoms with Gasteiger partial charge in [-0.1, -0.05) is 44.2 Å². The van der Waals surface area contributed by atoms with Gasteiger partial charge in [0.05, 0.1) is 0 Å². The molecule has 0 amide bonds. The summed E-state index contributed by atoms with van der Waals surface area (Å²) in [5.74, 6) is -0.933. The molecule has 0 bridgehead atoms. The van der Waals surface area contributed by atoms with Gasteiger partial charge in [-0.05, 0) is 29.5 Å². The molecule has 1 N–H and O–H groups in total. The van der Waals surface area contributed by atoms with Gasteiger partial charge in [0.25, 0.3) is 0 Å². The van der Waals surface area contributed by atoms with Crippen LogP contribution < -0.4 is 0 Å². The number of halogens is 2. The van der Waals surface area contributed by atoms with Gasteiger partial charge in [0.2, 0.25) is 0 Å². The van der Waals surface area contributed by atoms with Crippen molar-refractivity contribution >= 4 is 0 Å². The maximum absolute atomic E-state index is 13.6. The Balaban J connectivity index is 2.26. The third-order valence-corrected chi connectivity index (χ3v) is 3.69. The number of aliphatic hydroxyl groups is 1. The van der Waals surface area contributed by atoms with Crippen LogP contribution in [-0.4, -0.2) is 5.11 Å². The summed E-state index contributed by atoms with van der Waals surface area (Å²) in [6.07, 6.45) is -0.0457. The lowest BCUT2D eigenvalue weighted by molar-refractivity contribution is 0.214. The second kappa shape index (κ2) is 6.14. The van der Waals surface area contributed by atoms with Gasteiger partial charge >= 0.3 is 0 Å². The lowest BCUT2D eigenvalue weighted by Gasteiger charge is -2.14. The van der Waals surface area contributed by atoms with E-state index >= 15 is 0 Å². The topological polar surface area (TPSA) is 20.2 Å². The smallest absolute Gasteiger partial charge is 0.132 e. The zero-order valence-electron chi connectivity index (χ0n) is 11.6. The molecule has 3 heteroatoms. The minimum Gasteiger partial charge on any atom is -0.384 e. The van der Waals surface area contributed by atoms with E-state index in [1.807, 2.05) is 12.1 Å². The Morgan fingerprint density at radius 2 is 1.60 bits per heavy atom. The second-order valence-electron chi connectivity index (χ2n) is 5.04. The van der Waals surface area contributed by atoms with Gasteiger partial charge in [-0.25, -0.2) is 8.78 Å². The summed E-state index contributed by atoms with van der Waals surface area (Å²) in [6.45, 7) is 4.24. The van der Waals surface area contributed by atoms with Crippen LogP contribution in [0.4, 0.5) is 8.78 Å². The average Bonchev–Trinajstić information content (AvgIpc) is 2.46. The van der Waals surface area contributed by atoms with Gasteiger partial charge in [0.1, 0.15) is 17.7 Å². The zero-order valence-corrected chi connectivity index (χ0v) is 11.6. The minimum atomic E-state index is -1.08. The Hall–Kier alpha value is -1.74. The largest absolute Gasteiger partial charge is 0.384 e. The van der Waals surface area contributed by atoms with Crippen molar-refractivity contribution in [2.24, 2.45) is 0 Å². The molecule has 0 saturated carbocycles. The molecule has 0 spiro atoms. The van der Waals surface area contributed by atoms with Crippen LogP contribution in [-0.2, 0) is 0 Å². The summed E-state index contributed by atoms with van der Waals surface area (Å²) in [7, 11) is 0. The molecule has 2 aromatic rings. The first-order chi connectivity index (χ1) is 9.52. The number of hydrogen-bond acceptors (Lipinski definition) is 1. The van der Waals surface area contributed by atoms with Crippen LogP contribution in [0.5, 0.6) is 0 Å². The van der Waals surface area contributed by atoms with Crippen molar-refractivity contribution in [2.45, 2.75) is 32.3 Å². The zero-order chi connectivity index (χ0) is 14.7. The van der Waals surface area contributed by atoms with E-state index in [4.69, 9.17) is 0 Å². The van der Waals surface area contributed by atoms with Gasteiger partial charge in [0, 0.05) is 11.6 Å². The van der Waals surface area contributed by atoms with E-state index in [9.17, 15) is 13.9 Å². The standard InChI is InChI=1S/C17H18F2O/c1-3-11(2)12-4-6-13(7-5-12)17(20)15-9-8-14(18)10-16(15)19/h4-11,17,20H,3H2,1-2H3. The van der Waals surface area contributed by atoms with Crippen molar-refractivity contribution < 1.29 is 13.9 Å². The number of rotatable bonds is 4. The minimum absolute atomic E-state index is 0.0858. The van der Waals surface area contributed by atoms with Gasteiger partial charge in [-0.2, -0.15) is 0 Å². The van der Waals surface area contributed by atoms with Crippen LogP contribution in [0, 0.1) is 11.6 Å². The average molecular weight is 276 g/mol. The second-order valence-corrected chi connectivity index (χ2v) is 5.04. The first-order valence-electron chi connectivity index (χ1n) is 6.75. The fourth-order valence-corrected chi connectivity index (χ4v) is 2.15. The lowest BCUT2D eigenvalue weighted by atomic mass is 9.95. The lowest BCUT2D eigenvalue weighted by Crippen LogP contribution is -2.03. The van der Waals surface area contributed by atoms with E-state index in [-0.39, 0.29) is 5.56 Å². The predicted molar refractivity (Wildman–Crippen MR) is 75.6 cm³/mol. The van der Waals surface area contributed by atoms with Crippen LogP contribution in [0.3, 0.4) is 0 Å². The molecule has 1 nitrogen and oxygen atoms in total. The SMILES string of the molecule is CCC(C)c1ccc(C(O)c2ccc(F)cc2F)cc1. The molecule has 2 atom stereocenters. The van der Waals surface area contributed by atoms with E-state index in [0.717, 1.165) is 18.6 Å². The summed E-state index contributed by atoms with van der Waals surface area (Å²) in [5.41, 5.74) is 1.87. The molecule has 0 aromatic heterocycles. The molecule has 106 valence electrons. The molecule has 2 aromatic carbocycles. The van der Waals surface area contributed by atoms with Crippen LogP contribution in [0.15, 0.2) is 42.5 Å². The van der Waals surface area contributed by atoms with E-state index in [1.165, 1.54) is 11.6 Å². The predicted octanol–water partition coefficient (Wildman–Crippen LogP) is 4.56. The molecule has 0 aliphatic rings. The number of aliphatic hydroxyl groups excluding tert-OH is 1. The van der Waals surface area contributed by atoms with Crippen molar-refractivity contribution in [1.82, 2.24) is 0 Å². The van der Waals surface area contributed by atoms with Crippen molar-refractivity contribution in [3.05, 3.63) is 70.8 Å². The van der Waals surface area contributed by atoms with Gasteiger partial charge < -0.3 is 5.11 Å². The van der Waals surface area contributed by atoms with Crippen LogP contribution in [0.25, 0.3) is 0 Å². The highest BCUT2D eigenvalue weighted by Gasteiger charge is 2.16. The third-order valence-electron chi connectivity index (χ3n) is 3.69. The van der Waals surface area contributed by atoms with Crippen LogP contribution in [0.1, 0.15) is 49.0 Å². The molecule has 0 saturated heterocycles. The molecule has 0 radical (unpaired) electrons. The van der Waals surface area contributed by atoms with Crippen molar-refractivity contribution in [2.75, 3.05) is 0 Å². The highest BCUT2D eigenvalue weighted by atomic mass is 19.1. The summed E-state index contributed by atoms with van der Waals surface area (Å²) in [4.78, 5) is 0. The summed E-state index contributed by atoms with van der Waals surface area (Å²) < 4.78 is 26.5. The van der Waals surface area contributed by atoms with Gasteiger partial charge in [0.15, 0.2) is 0 Å². The van der Waals surface area contributed by atoms with Crippen LogP contribution >= 0.6 is 0 Å². The van der Waals surface area contributed by atoms with Crippen molar-refractivity contribution in [1.29, 1.82) is 0 Å². The Kier molecular flexibility index (Phi) is 4.50. The number of hydrogen-bond donors (Lipinski definition) is 1. The van der Waals surface area contributed by atoms with Crippen molar-refractivity contribution in [3.8, 4) is 0 Å². The Labute approximate surface area is 117 Å². The summed E-state index contributed by atoms with van der Waals surface area (Å²) >= 11 is 0. The van der Waals surface area contributed by atoms with Crippen molar-refractivity contribution in [3.63, 3.8) is 0 Å². The van der Waals surface area contributed by atoms with Gasteiger partial charge in [-0.15, -0.1) is 0 Å². The summed E-state index contributed by atoms with van der Waals surface area (Å²) in [5, 5.41) is 10.2. The highest BCUT2D eigenvalue weighted by molar-refractivity contribution is 5.33. The van der Waals surface area contributed by atoms with Gasteiger partial charge in [-0.3, -0.25) is 0 Å². The maximum Gasteiger partial charge on any atom is 0.132 e. The van der Waals surface area contributed by atoms with E-state index < -0.39 is 17.7 Å². The molecule has 0 heterocycles. The molecular formula is C17H18F2O. The first-order valence-corrected chi connectivity index (χ1v) is 6.75. The molecule has 0 fully saturated rings. The van der Waals surface area contributed by atoms with E-state index in [1.54, 1.807) is 12.1 Å². The van der Waals surface area contributed by atoms with Crippen LogP contribution in [0.2, 0.25) is 0 Å². The monoisotopic (exact) mass is 276 g/mol. The normalized spacial score (nSPS) is 14.1. The number of benzene rings is 2. The van der Waals surface area contributed by atoms with E-state index in [2.05, 4.69) is 13.8 Å². The fraction of sp³-hybridized carbons (Fsp3) is 0.294. The quantitative estimate of drug-likeness (QED) is 0.868. The fourth-order valence-electron chi connectivity index (χ4n) is 2.15. The molecular weight excluding hydrogens is 258 g/mol. The molecule has 2 rings (SSSR count). The molecule has 2 unspecified atom stereocenters. The Morgan fingerprint density at radius 1 is 1.00 bits per heavy atom. The Morgan fingerprint density at radius 3 is 2.15 bits per heavy atom. The molecule has 20 heavy (non-hydrogen) atoms. The Bertz CT molecular complexity index is 578. The maximum atomic E-state index is 13.6. The van der Waals surface area contributed by atoms with E-state index in [0.29, 0.717) is 11.5 Å². The molecule has 0 aliphatic heterocycles.